The average Bonchev–Trinajstić information content (AvgIpc) is 3.09. The molecule has 2 aromatic rings. The van der Waals surface area contributed by atoms with Gasteiger partial charge in [-0.15, -0.1) is 0 Å². The van der Waals surface area contributed by atoms with Crippen LogP contribution in [0.25, 0.3) is 6.08 Å². The average molecular weight is 386 g/mol. The summed E-state index contributed by atoms with van der Waals surface area (Å²) in [5.41, 5.74) is 1.32. The summed E-state index contributed by atoms with van der Waals surface area (Å²) in [5, 5.41) is 15.0. The lowest BCUT2D eigenvalue weighted by atomic mass is 10.1. The molecule has 1 saturated heterocycles. The number of rotatable bonds is 7. The molecule has 1 aliphatic rings. The highest BCUT2D eigenvalue weighted by Crippen LogP contribution is 2.23. The summed E-state index contributed by atoms with van der Waals surface area (Å²) in [6.45, 7) is 3.84. The van der Waals surface area contributed by atoms with Gasteiger partial charge in [-0.1, -0.05) is 12.1 Å². The zero-order valence-corrected chi connectivity index (χ0v) is 15.8. The van der Waals surface area contributed by atoms with Gasteiger partial charge in [0.1, 0.15) is 11.9 Å². The molecule has 2 heterocycles. The van der Waals surface area contributed by atoms with E-state index in [1.165, 1.54) is 24.0 Å². The van der Waals surface area contributed by atoms with Crippen LogP contribution >= 0.6 is 0 Å². The Morgan fingerprint density at radius 2 is 2.14 bits per heavy atom. The van der Waals surface area contributed by atoms with Gasteiger partial charge in [0.2, 0.25) is 11.5 Å². The van der Waals surface area contributed by atoms with Crippen LogP contribution in [0.15, 0.2) is 30.5 Å². The van der Waals surface area contributed by atoms with Crippen molar-refractivity contribution in [1.82, 2.24) is 14.7 Å². The molecule has 1 aliphatic heterocycles. The molecule has 0 bridgehead atoms. The topological polar surface area (TPSA) is 99.7 Å². The van der Waals surface area contributed by atoms with Crippen LogP contribution in [0.2, 0.25) is 0 Å². The standard InChI is InChI=1S/C19H22N4O5/c1-21-13-16(23(25)26)19(20-21)17(24)5-3-14-4-6-18(27-2)15(11-14)12-22-7-9-28-10-8-22/h3-6,11,13H,7-10,12H2,1-2H3/b5-3+. The van der Waals surface area contributed by atoms with Crippen LogP contribution in [-0.2, 0) is 18.3 Å². The highest BCUT2D eigenvalue weighted by atomic mass is 16.6. The lowest BCUT2D eigenvalue weighted by molar-refractivity contribution is -0.385. The summed E-state index contributed by atoms with van der Waals surface area (Å²) in [4.78, 5) is 25.1. The lowest BCUT2D eigenvalue weighted by Crippen LogP contribution is -2.35. The SMILES string of the molecule is COc1ccc(/C=C/C(=O)c2nn(C)cc2[N+](=O)[O-])cc1CN1CCOCC1. The number of hydrogen-bond acceptors (Lipinski definition) is 7. The largest absolute Gasteiger partial charge is 0.496 e. The van der Waals surface area contributed by atoms with Crippen LogP contribution < -0.4 is 4.74 Å². The molecule has 1 aromatic heterocycles. The number of morpholine rings is 1. The van der Waals surface area contributed by atoms with Crippen LogP contribution in [0.1, 0.15) is 21.6 Å². The molecule has 1 fully saturated rings. The van der Waals surface area contributed by atoms with Crippen molar-refractivity contribution < 1.29 is 19.2 Å². The van der Waals surface area contributed by atoms with E-state index >= 15 is 0 Å². The fourth-order valence-corrected chi connectivity index (χ4v) is 3.06. The Morgan fingerprint density at radius 1 is 1.39 bits per heavy atom. The molecule has 0 unspecified atom stereocenters. The van der Waals surface area contributed by atoms with E-state index in [0.29, 0.717) is 19.8 Å². The molecule has 0 atom stereocenters. The number of aromatic nitrogens is 2. The zero-order valence-electron chi connectivity index (χ0n) is 15.8. The van der Waals surface area contributed by atoms with Crippen molar-refractivity contribution in [3.8, 4) is 5.75 Å². The number of aryl methyl sites for hydroxylation is 1. The maximum Gasteiger partial charge on any atom is 0.318 e. The first-order chi connectivity index (χ1) is 13.5. The quantitative estimate of drug-likeness (QED) is 0.311. The summed E-state index contributed by atoms with van der Waals surface area (Å²) in [7, 11) is 3.16. The zero-order chi connectivity index (χ0) is 20.1. The minimum absolute atomic E-state index is 0.175. The van der Waals surface area contributed by atoms with Gasteiger partial charge >= 0.3 is 5.69 Å². The number of benzene rings is 1. The van der Waals surface area contributed by atoms with Crippen molar-refractivity contribution in [2.24, 2.45) is 7.05 Å². The molecule has 9 heteroatoms. The summed E-state index contributed by atoms with van der Waals surface area (Å²) in [5.74, 6) is 0.258. The molecule has 148 valence electrons. The van der Waals surface area contributed by atoms with Crippen molar-refractivity contribution >= 4 is 17.5 Å². The molecule has 0 amide bonds. The van der Waals surface area contributed by atoms with E-state index in [4.69, 9.17) is 9.47 Å². The highest BCUT2D eigenvalue weighted by molar-refractivity contribution is 6.07. The number of nitrogens with zero attached hydrogens (tertiary/aromatic N) is 4. The Hall–Kier alpha value is -3.04. The van der Waals surface area contributed by atoms with Gasteiger partial charge < -0.3 is 9.47 Å². The first-order valence-corrected chi connectivity index (χ1v) is 8.85. The molecule has 0 radical (unpaired) electrons. The van der Waals surface area contributed by atoms with E-state index in [1.807, 2.05) is 18.2 Å². The maximum atomic E-state index is 12.4. The molecule has 1 aromatic carbocycles. The second-order valence-electron chi connectivity index (χ2n) is 6.45. The monoisotopic (exact) mass is 386 g/mol. The molecular formula is C19H22N4O5. The van der Waals surface area contributed by atoms with E-state index in [1.54, 1.807) is 13.2 Å². The predicted octanol–water partition coefficient (Wildman–Crippen LogP) is 2.07. The number of ketones is 1. The van der Waals surface area contributed by atoms with E-state index in [2.05, 4.69) is 10.00 Å². The van der Waals surface area contributed by atoms with Crippen molar-refractivity contribution in [3.63, 3.8) is 0 Å². The van der Waals surface area contributed by atoms with Crippen molar-refractivity contribution in [3.05, 3.63) is 57.4 Å². The summed E-state index contributed by atoms with van der Waals surface area (Å²) in [6, 6.07) is 5.63. The Balaban J connectivity index is 1.79. The third-order valence-corrected chi connectivity index (χ3v) is 4.47. The third-order valence-electron chi connectivity index (χ3n) is 4.47. The van der Waals surface area contributed by atoms with Crippen LogP contribution in [0.4, 0.5) is 5.69 Å². The van der Waals surface area contributed by atoms with E-state index in [-0.39, 0.29) is 11.4 Å². The predicted molar refractivity (Wildman–Crippen MR) is 102 cm³/mol. The summed E-state index contributed by atoms with van der Waals surface area (Å²) in [6.07, 6.45) is 4.15. The van der Waals surface area contributed by atoms with Gasteiger partial charge in [0.15, 0.2) is 0 Å². The molecular weight excluding hydrogens is 364 g/mol. The normalized spacial score (nSPS) is 15.1. The first-order valence-electron chi connectivity index (χ1n) is 8.85. The van der Waals surface area contributed by atoms with Gasteiger partial charge in [0, 0.05) is 32.2 Å². The van der Waals surface area contributed by atoms with Gasteiger partial charge in [0.25, 0.3) is 0 Å². The van der Waals surface area contributed by atoms with Crippen LogP contribution in [-0.4, -0.2) is 58.8 Å². The second kappa shape index (κ2) is 8.77. The maximum absolute atomic E-state index is 12.4. The Morgan fingerprint density at radius 3 is 2.82 bits per heavy atom. The molecule has 0 saturated carbocycles. The number of carbonyl (C=O) groups is 1. The number of allylic oxidation sites excluding steroid dienone is 1. The smallest absolute Gasteiger partial charge is 0.318 e. The Kier molecular flexibility index (Phi) is 6.17. The van der Waals surface area contributed by atoms with Gasteiger partial charge in [-0.3, -0.25) is 24.5 Å². The Labute approximate surface area is 162 Å². The van der Waals surface area contributed by atoms with Gasteiger partial charge in [0.05, 0.1) is 25.2 Å². The fourth-order valence-electron chi connectivity index (χ4n) is 3.06. The molecule has 9 nitrogen and oxygen atoms in total. The summed E-state index contributed by atoms with van der Waals surface area (Å²) < 4.78 is 12.1. The van der Waals surface area contributed by atoms with Crippen LogP contribution in [0.3, 0.4) is 0 Å². The lowest BCUT2D eigenvalue weighted by Gasteiger charge is -2.27. The molecule has 0 spiro atoms. The fraction of sp³-hybridized carbons (Fsp3) is 0.368. The minimum atomic E-state index is -0.609. The third kappa shape index (κ3) is 4.62. The number of hydrogen-bond donors (Lipinski definition) is 0. The number of carbonyl (C=O) groups excluding carboxylic acids is 1. The van der Waals surface area contributed by atoms with Gasteiger partial charge in [-0.05, 0) is 23.8 Å². The van der Waals surface area contributed by atoms with E-state index in [9.17, 15) is 14.9 Å². The van der Waals surface area contributed by atoms with Crippen LogP contribution in [0, 0.1) is 10.1 Å². The molecule has 28 heavy (non-hydrogen) atoms. The molecule has 0 N–H and O–H groups in total. The number of nitro groups is 1. The Bertz CT molecular complexity index is 900. The van der Waals surface area contributed by atoms with Crippen molar-refractivity contribution in [2.75, 3.05) is 33.4 Å². The van der Waals surface area contributed by atoms with Gasteiger partial charge in [-0.25, -0.2) is 0 Å². The number of ether oxygens (including phenoxy) is 2. The molecule has 3 rings (SSSR count). The second-order valence-corrected chi connectivity index (χ2v) is 6.45. The first kappa shape index (κ1) is 19.7. The van der Waals surface area contributed by atoms with Crippen molar-refractivity contribution in [2.45, 2.75) is 6.54 Å². The highest BCUT2D eigenvalue weighted by Gasteiger charge is 2.23. The minimum Gasteiger partial charge on any atom is -0.496 e. The van der Waals surface area contributed by atoms with E-state index in [0.717, 1.165) is 30.0 Å². The van der Waals surface area contributed by atoms with Crippen LogP contribution in [0.5, 0.6) is 5.75 Å². The summed E-state index contributed by atoms with van der Waals surface area (Å²) >= 11 is 0. The van der Waals surface area contributed by atoms with E-state index < -0.39 is 10.7 Å². The van der Waals surface area contributed by atoms with Gasteiger partial charge in [-0.2, -0.15) is 5.10 Å². The van der Waals surface area contributed by atoms with Crippen molar-refractivity contribution in [1.29, 1.82) is 0 Å². The molecule has 0 aliphatic carbocycles. The number of methoxy groups -OCH3 is 1.